The fraction of sp³-hybridized carbons (Fsp3) is 0.423. The molecule has 2 aromatic carbocycles. The quantitative estimate of drug-likeness (QED) is 0.474. The van der Waals surface area contributed by atoms with E-state index in [1.165, 1.54) is 0 Å². The average molecular weight is 467 g/mol. The molecule has 1 fully saturated rings. The van der Waals surface area contributed by atoms with Crippen molar-refractivity contribution in [2.24, 2.45) is 0 Å². The van der Waals surface area contributed by atoms with Gasteiger partial charge < -0.3 is 25.6 Å². The van der Waals surface area contributed by atoms with Gasteiger partial charge in [0.15, 0.2) is 0 Å². The number of amides is 2. The summed E-state index contributed by atoms with van der Waals surface area (Å²) in [7, 11) is 0. The molecule has 1 saturated carbocycles. The summed E-state index contributed by atoms with van der Waals surface area (Å²) in [5, 5.41) is 23.5. The molecule has 0 unspecified atom stereocenters. The van der Waals surface area contributed by atoms with E-state index < -0.39 is 36.2 Å². The van der Waals surface area contributed by atoms with E-state index in [9.17, 15) is 19.5 Å². The van der Waals surface area contributed by atoms with Gasteiger partial charge >= 0.3 is 12.1 Å². The second kappa shape index (κ2) is 10.3. The number of ether oxygens (including phenoxy) is 1. The minimum Gasteiger partial charge on any atom is -0.480 e. The van der Waals surface area contributed by atoms with Crippen LogP contribution in [0.5, 0.6) is 0 Å². The van der Waals surface area contributed by atoms with E-state index in [2.05, 4.69) is 22.8 Å². The molecule has 2 aliphatic rings. The predicted octanol–water partition coefficient (Wildman–Crippen LogP) is 3.18. The number of hydrogen-bond acceptors (Lipinski definition) is 5. The van der Waals surface area contributed by atoms with Crippen molar-refractivity contribution >= 4 is 18.0 Å². The van der Waals surface area contributed by atoms with Crippen molar-refractivity contribution in [2.75, 3.05) is 13.2 Å². The van der Waals surface area contributed by atoms with E-state index in [0.29, 0.717) is 12.8 Å². The number of hydrogen-bond donors (Lipinski definition) is 4. The summed E-state index contributed by atoms with van der Waals surface area (Å²) in [5.41, 5.74) is 3.72. The Bertz CT molecular complexity index is 1020. The molecule has 34 heavy (non-hydrogen) atoms. The number of carbonyl (C=O) groups excluding carboxylic acids is 2. The molecule has 0 bridgehead atoms. The summed E-state index contributed by atoms with van der Waals surface area (Å²) in [4.78, 5) is 36.5. The Hall–Kier alpha value is -3.39. The standard InChI is InChI=1S/C26H30N2O6/c29-15-22(24(31)32)27-23(30)14-26(12-6-1-7-13-26)28-25(33)34-16-21-19-10-4-2-8-17(19)18-9-3-5-11-20(18)21/h2-5,8-11,21-22,29H,1,6-7,12-16H2,(H,27,30)(H,28,33)(H,31,32)/t22-/m0/s1. The van der Waals surface area contributed by atoms with Gasteiger partial charge in [0.1, 0.15) is 12.6 Å². The summed E-state index contributed by atoms with van der Waals surface area (Å²) in [6.45, 7) is -0.526. The number of carbonyl (C=O) groups is 3. The van der Waals surface area contributed by atoms with Crippen LogP contribution in [-0.2, 0) is 14.3 Å². The minimum absolute atomic E-state index is 0.0652. The Morgan fingerprint density at radius 3 is 2.12 bits per heavy atom. The Kier molecular flexibility index (Phi) is 7.17. The molecule has 0 spiro atoms. The first kappa shape index (κ1) is 23.8. The highest BCUT2D eigenvalue weighted by atomic mass is 16.5. The van der Waals surface area contributed by atoms with Gasteiger partial charge in [-0.05, 0) is 35.1 Å². The van der Waals surface area contributed by atoms with Crippen molar-refractivity contribution in [3.8, 4) is 11.1 Å². The zero-order valence-electron chi connectivity index (χ0n) is 19.0. The van der Waals surface area contributed by atoms with Crippen molar-refractivity contribution in [1.29, 1.82) is 0 Å². The van der Waals surface area contributed by atoms with E-state index >= 15 is 0 Å². The van der Waals surface area contributed by atoms with Gasteiger partial charge in [0, 0.05) is 12.3 Å². The van der Waals surface area contributed by atoms with Gasteiger partial charge in [0.25, 0.3) is 0 Å². The zero-order valence-corrected chi connectivity index (χ0v) is 19.0. The van der Waals surface area contributed by atoms with Crippen LogP contribution >= 0.6 is 0 Å². The smallest absolute Gasteiger partial charge is 0.407 e. The number of carboxylic acids is 1. The van der Waals surface area contributed by atoms with E-state index in [0.717, 1.165) is 41.5 Å². The molecule has 4 rings (SSSR count). The number of rotatable bonds is 8. The number of aliphatic hydroxyl groups excluding tert-OH is 1. The Morgan fingerprint density at radius 1 is 0.971 bits per heavy atom. The topological polar surface area (TPSA) is 125 Å². The lowest BCUT2D eigenvalue weighted by atomic mass is 9.79. The second-order valence-electron chi connectivity index (χ2n) is 9.11. The molecule has 8 nitrogen and oxygen atoms in total. The molecular weight excluding hydrogens is 436 g/mol. The van der Waals surface area contributed by atoms with Crippen LogP contribution in [0, 0.1) is 0 Å². The molecule has 0 heterocycles. The van der Waals surface area contributed by atoms with Crippen LogP contribution in [0.3, 0.4) is 0 Å². The molecule has 0 aliphatic heterocycles. The molecule has 2 aliphatic carbocycles. The fourth-order valence-corrected chi connectivity index (χ4v) is 5.16. The normalized spacial score (nSPS) is 17.2. The van der Waals surface area contributed by atoms with Gasteiger partial charge in [-0.3, -0.25) is 4.79 Å². The molecular formula is C26H30N2O6. The van der Waals surface area contributed by atoms with Crippen LogP contribution in [0.4, 0.5) is 4.79 Å². The Labute approximate surface area is 198 Å². The maximum Gasteiger partial charge on any atom is 0.407 e. The number of fused-ring (bicyclic) bond motifs is 3. The van der Waals surface area contributed by atoms with Gasteiger partial charge in [-0.2, -0.15) is 0 Å². The van der Waals surface area contributed by atoms with Crippen molar-refractivity contribution in [3.63, 3.8) is 0 Å². The largest absolute Gasteiger partial charge is 0.480 e. The number of alkyl carbamates (subject to hydrolysis) is 1. The minimum atomic E-state index is -1.37. The van der Waals surface area contributed by atoms with Gasteiger partial charge in [0.05, 0.1) is 12.1 Å². The van der Waals surface area contributed by atoms with Gasteiger partial charge in [-0.1, -0.05) is 67.8 Å². The molecule has 0 radical (unpaired) electrons. The van der Waals surface area contributed by atoms with Crippen molar-refractivity contribution in [1.82, 2.24) is 10.6 Å². The maximum atomic E-state index is 12.9. The third kappa shape index (κ3) is 5.07. The monoisotopic (exact) mass is 466 g/mol. The molecule has 2 aromatic rings. The summed E-state index contributed by atoms with van der Waals surface area (Å²) >= 11 is 0. The fourth-order valence-electron chi connectivity index (χ4n) is 5.16. The molecule has 0 aromatic heterocycles. The van der Waals surface area contributed by atoms with Crippen LogP contribution in [0.15, 0.2) is 48.5 Å². The summed E-state index contributed by atoms with van der Waals surface area (Å²) in [5.74, 6) is -1.90. The van der Waals surface area contributed by atoms with E-state index in [4.69, 9.17) is 9.84 Å². The number of carboxylic acid groups (broad SMARTS) is 1. The number of benzene rings is 2. The second-order valence-corrected chi connectivity index (χ2v) is 9.11. The summed E-state index contributed by atoms with van der Waals surface area (Å²) in [6, 6.07) is 14.8. The average Bonchev–Trinajstić information content (AvgIpc) is 3.15. The molecule has 8 heteroatoms. The molecule has 180 valence electrons. The predicted molar refractivity (Wildman–Crippen MR) is 125 cm³/mol. The summed E-state index contributed by atoms with van der Waals surface area (Å²) < 4.78 is 5.67. The number of aliphatic carboxylic acids is 1. The number of aliphatic hydroxyl groups is 1. The van der Waals surface area contributed by atoms with Crippen molar-refractivity contribution < 1.29 is 29.3 Å². The number of nitrogens with one attached hydrogen (secondary N) is 2. The molecule has 4 N–H and O–H groups in total. The van der Waals surface area contributed by atoms with Gasteiger partial charge in [0.2, 0.25) is 5.91 Å². The first-order valence-corrected chi connectivity index (χ1v) is 11.7. The zero-order chi connectivity index (χ0) is 24.1. The third-order valence-electron chi connectivity index (χ3n) is 6.84. The lowest BCUT2D eigenvalue weighted by Gasteiger charge is -2.37. The Morgan fingerprint density at radius 2 is 1.56 bits per heavy atom. The molecule has 0 saturated heterocycles. The van der Waals surface area contributed by atoms with E-state index in [1.807, 2.05) is 36.4 Å². The third-order valence-corrected chi connectivity index (χ3v) is 6.84. The van der Waals surface area contributed by atoms with E-state index in [-0.39, 0.29) is 18.9 Å². The highest BCUT2D eigenvalue weighted by Gasteiger charge is 2.38. The van der Waals surface area contributed by atoms with E-state index in [1.54, 1.807) is 0 Å². The van der Waals surface area contributed by atoms with Crippen LogP contribution in [-0.4, -0.2) is 53.0 Å². The van der Waals surface area contributed by atoms with Crippen LogP contribution in [0.2, 0.25) is 0 Å². The molecule has 1 atom stereocenters. The van der Waals surface area contributed by atoms with Crippen molar-refractivity contribution in [2.45, 2.75) is 56.0 Å². The van der Waals surface area contributed by atoms with Gasteiger partial charge in [-0.15, -0.1) is 0 Å². The van der Waals surface area contributed by atoms with Crippen LogP contribution < -0.4 is 10.6 Å². The molecule has 2 amide bonds. The summed E-state index contributed by atoms with van der Waals surface area (Å²) in [6.07, 6.45) is 3.24. The lowest BCUT2D eigenvalue weighted by Crippen LogP contribution is -2.54. The highest BCUT2D eigenvalue weighted by molar-refractivity contribution is 5.85. The van der Waals surface area contributed by atoms with Crippen LogP contribution in [0.1, 0.15) is 55.6 Å². The Balaban J connectivity index is 1.42. The lowest BCUT2D eigenvalue weighted by molar-refractivity contribution is -0.143. The van der Waals surface area contributed by atoms with Crippen LogP contribution in [0.25, 0.3) is 11.1 Å². The van der Waals surface area contributed by atoms with Crippen molar-refractivity contribution in [3.05, 3.63) is 59.7 Å². The first-order chi connectivity index (χ1) is 16.4. The SMILES string of the molecule is O=C(CC1(NC(=O)OCC2c3ccccc3-c3ccccc32)CCCCC1)N[C@@H](CO)C(=O)O. The van der Waals surface area contributed by atoms with Gasteiger partial charge in [-0.25, -0.2) is 9.59 Å². The highest BCUT2D eigenvalue weighted by Crippen LogP contribution is 2.44. The first-order valence-electron chi connectivity index (χ1n) is 11.7. The maximum absolute atomic E-state index is 12.9.